The highest BCUT2D eigenvalue weighted by molar-refractivity contribution is 7.89. The molecule has 1 N–H and O–H groups in total. The van der Waals surface area contributed by atoms with Crippen molar-refractivity contribution >= 4 is 27.5 Å². The Morgan fingerprint density at radius 1 is 1.35 bits per heavy atom. The van der Waals surface area contributed by atoms with Crippen LogP contribution in [0.5, 0.6) is 0 Å². The van der Waals surface area contributed by atoms with Gasteiger partial charge in [-0.3, -0.25) is 4.79 Å². The smallest absolute Gasteiger partial charge is 0.252 e. The van der Waals surface area contributed by atoms with E-state index in [1.54, 1.807) is 0 Å². The molecule has 1 aliphatic rings. The number of sulfonamides is 1. The number of halogens is 1. The Morgan fingerprint density at radius 2 is 2.04 bits per heavy atom. The number of piperidine rings is 1. The molecule has 0 atom stereocenters. The van der Waals surface area contributed by atoms with E-state index in [1.165, 1.54) is 22.5 Å². The Balaban J connectivity index is 2.09. The fourth-order valence-electron chi connectivity index (χ4n) is 2.83. The fourth-order valence-corrected chi connectivity index (χ4v) is 4.53. The van der Waals surface area contributed by atoms with E-state index >= 15 is 0 Å². The summed E-state index contributed by atoms with van der Waals surface area (Å²) in [5, 5.41) is 2.99. The Hall–Kier alpha value is -1.15. The second-order valence-electron chi connectivity index (χ2n) is 6.53. The van der Waals surface area contributed by atoms with E-state index in [-0.39, 0.29) is 21.4 Å². The first-order valence-electron chi connectivity index (χ1n) is 9.02. The number of benzene rings is 1. The molecule has 1 fully saturated rings. The maximum atomic E-state index is 12.8. The molecule has 1 aromatic carbocycles. The molecule has 0 unspecified atom stereocenters. The van der Waals surface area contributed by atoms with Crippen LogP contribution in [-0.2, 0) is 14.8 Å². The maximum absolute atomic E-state index is 12.8. The first-order chi connectivity index (χ1) is 12.4. The molecule has 0 spiro atoms. The van der Waals surface area contributed by atoms with Crippen molar-refractivity contribution in [3.05, 3.63) is 28.8 Å². The molecule has 1 aromatic rings. The van der Waals surface area contributed by atoms with E-state index in [2.05, 4.69) is 12.2 Å². The van der Waals surface area contributed by atoms with Gasteiger partial charge in [0.15, 0.2) is 0 Å². The molecule has 0 aromatic heterocycles. The van der Waals surface area contributed by atoms with E-state index < -0.39 is 10.0 Å². The molecule has 0 bridgehead atoms. The number of nitrogens with zero attached hydrogens (tertiary/aromatic N) is 1. The largest absolute Gasteiger partial charge is 0.382 e. The molecule has 0 aliphatic carbocycles. The standard InChI is InChI=1S/C18H27ClN2O4S/c1-3-25-12-4-9-20-18(22)16-13-15(5-6-17(16)19)26(23,24)21-10-7-14(2)8-11-21/h5-6,13-14H,3-4,7-12H2,1-2H3,(H,20,22). The molecule has 6 nitrogen and oxygen atoms in total. The zero-order valence-electron chi connectivity index (χ0n) is 15.3. The first-order valence-corrected chi connectivity index (χ1v) is 10.8. The fraction of sp³-hybridized carbons (Fsp3) is 0.611. The Kier molecular flexibility index (Phi) is 7.88. The van der Waals surface area contributed by atoms with E-state index in [9.17, 15) is 13.2 Å². The highest BCUT2D eigenvalue weighted by Crippen LogP contribution is 2.26. The first kappa shape index (κ1) is 21.2. The third-order valence-corrected chi connectivity index (χ3v) is 6.74. The van der Waals surface area contributed by atoms with Gasteiger partial charge in [0.25, 0.3) is 5.91 Å². The van der Waals surface area contributed by atoms with Gasteiger partial charge in [-0.1, -0.05) is 18.5 Å². The molecule has 1 saturated heterocycles. The zero-order chi connectivity index (χ0) is 19.2. The molecule has 146 valence electrons. The minimum atomic E-state index is -3.62. The van der Waals surface area contributed by atoms with Crippen LogP contribution in [0.25, 0.3) is 0 Å². The lowest BCUT2D eigenvalue weighted by Crippen LogP contribution is -2.38. The average Bonchev–Trinajstić information content (AvgIpc) is 2.62. The summed E-state index contributed by atoms with van der Waals surface area (Å²) in [5.74, 6) is 0.153. The number of ether oxygens (including phenoxy) is 1. The summed E-state index contributed by atoms with van der Waals surface area (Å²) in [7, 11) is -3.62. The maximum Gasteiger partial charge on any atom is 0.252 e. The van der Waals surface area contributed by atoms with Gasteiger partial charge in [-0.15, -0.1) is 0 Å². The minimum absolute atomic E-state index is 0.107. The third-order valence-electron chi connectivity index (χ3n) is 4.52. The highest BCUT2D eigenvalue weighted by Gasteiger charge is 2.29. The van der Waals surface area contributed by atoms with Gasteiger partial charge in [0.2, 0.25) is 10.0 Å². The Morgan fingerprint density at radius 3 is 2.69 bits per heavy atom. The van der Waals surface area contributed by atoms with E-state index in [4.69, 9.17) is 16.3 Å². The molecule has 1 aliphatic heterocycles. The lowest BCUT2D eigenvalue weighted by atomic mass is 10.0. The van der Waals surface area contributed by atoms with E-state index in [1.807, 2.05) is 6.92 Å². The molecule has 26 heavy (non-hydrogen) atoms. The highest BCUT2D eigenvalue weighted by atomic mass is 35.5. The van der Waals surface area contributed by atoms with Crippen molar-refractivity contribution in [2.45, 2.75) is 38.0 Å². The van der Waals surface area contributed by atoms with Gasteiger partial charge in [0, 0.05) is 32.8 Å². The summed E-state index contributed by atoms with van der Waals surface area (Å²) in [5.41, 5.74) is 0.175. The van der Waals surface area contributed by atoms with Crippen LogP contribution in [-0.4, -0.2) is 51.5 Å². The third kappa shape index (κ3) is 5.42. The van der Waals surface area contributed by atoms with Crippen LogP contribution in [0.15, 0.2) is 23.1 Å². The van der Waals surface area contributed by atoms with Crippen molar-refractivity contribution in [2.24, 2.45) is 5.92 Å². The van der Waals surface area contributed by atoms with Gasteiger partial charge >= 0.3 is 0 Å². The summed E-state index contributed by atoms with van der Waals surface area (Å²) in [6.07, 6.45) is 2.38. The van der Waals surface area contributed by atoms with Crippen LogP contribution < -0.4 is 5.32 Å². The topological polar surface area (TPSA) is 75.7 Å². The van der Waals surface area contributed by atoms with Crippen LogP contribution in [0.2, 0.25) is 5.02 Å². The van der Waals surface area contributed by atoms with Crippen molar-refractivity contribution in [3.63, 3.8) is 0 Å². The normalized spacial score (nSPS) is 16.6. The van der Waals surface area contributed by atoms with Gasteiger partial charge in [-0.2, -0.15) is 4.31 Å². The number of hydrogen-bond acceptors (Lipinski definition) is 4. The monoisotopic (exact) mass is 402 g/mol. The number of hydrogen-bond donors (Lipinski definition) is 1. The van der Waals surface area contributed by atoms with Gasteiger partial charge in [0.05, 0.1) is 15.5 Å². The zero-order valence-corrected chi connectivity index (χ0v) is 16.9. The van der Waals surface area contributed by atoms with Crippen molar-refractivity contribution in [1.29, 1.82) is 0 Å². The molecule has 1 amide bonds. The SMILES string of the molecule is CCOCCCNC(=O)c1cc(S(=O)(=O)N2CCC(C)CC2)ccc1Cl. The van der Waals surface area contributed by atoms with Crippen LogP contribution >= 0.6 is 11.6 Å². The quantitative estimate of drug-likeness (QED) is 0.678. The number of carbonyl (C=O) groups is 1. The van der Waals surface area contributed by atoms with Gasteiger partial charge in [-0.05, 0) is 50.3 Å². The summed E-state index contributed by atoms with van der Waals surface area (Å²) >= 11 is 6.11. The Bertz CT molecular complexity index is 716. The molecule has 1 heterocycles. The molecular formula is C18H27ClN2O4S. The van der Waals surface area contributed by atoms with Crippen LogP contribution in [0, 0.1) is 5.92 Å². The predicted molar refractivity (Wildman–Crippen MR) is 102 cm³/mol. The van der Waals surface area contributed by atoms with Crippen LogP contribution in [0.4, 0.5) is 0 Å². The van der Waals surface area contributed by atoms with Crippen molar-refractivity contribution < 1.29 is 17.9 Å². The summed E-state index contributed by atoms with van der Waals surface area (Å²) in [6.45, 7) is 6.68. The van der Waals surface area contributed by atoms with Crippen LogP contribution in [0.3, 0.4) is 0 Å². The average molecular weight is 403 g/mol. The second kappa shape index (κ2) is 9.69. The lowest BCUT2D eigenvalue weighted by Gasteiger charge is -2.29. The van der Waals surface area contributed by atoms with Gasteiger partial charge in [-0.25, -0.2) is 8.42 Å². The van der Waals surface area contributed by atoms with Crippen molar-refractivity contribution in [3.8, 4) is 0 Å². The van der Waals surface area contributed by atoms with E-state index in [0.29, 0.717) is 45.2 Å². The number of amides is 1. The number of rotatable bonds is 8. The number of carbonyl (C=O) groups excluding carboxylic acids is 1. The Labute approximate surface area is 160 Å². The van der Waals surface area contributed by atoms with Gasteiger partial charge in [0.1, 0.15) is 0 Å². The predicted octanol–water partition coefficient (Wildman–Crippen LogP) is 2.92. The van der Waals surface area contributed by atoms with Crippen LogP contribution in [0.1, 0.15) is 43.5 Å². The van der Waals surface area contributed by atoms with Gasteiger partial charge < -0.3 is 10.1 Å². The lowest BCUT2D eigenvalue weighted by molar-refractivity contribution is 0.0944. The molecule has 2 rings (SSSR count). The molecule has 0 saturated carbocycles. The van der Waals surface area contributed by atoms with E-state index in [0.717, 1.165) is 12.8 Å². The molecular weight excluding hydrogens is 376 g/mol. The summed E-state index contributed by atoms with van der Waals surface area (Å²) in [4.78, 5) is 12.5. The number of nitrogens with one attached hydrogen (secondary N) is 1. The summed E-state index contributed by atoms with van der Waals surface area (Å²) < 4.78 is 32.4. The second-order valence-corrected chi connectivity index (χ2v) is 8.88. The summed E-state index contributed by atoms with van der Waals surface area (Å²) in [6, 6.07) is 4.30. The van der Waals surface area contributed by atoms with Crippen molar-refractivity contribution in [1.82, 2.24) is 9.62 Å². The molecule has 8 heteroatoms. The minimum Gasteiger partial charge on any atom is -0.382 e. The molecule has 0 radical (unpaired) electrons. The van der Waals surface area contributed by atoms with Crippen molar-refractivity contribution in [2.75, 3.05) is 32.8 Å².